The number of fused-ring (bicyclic) bond motifs is 1. The van der Waals surface area contributed by atoms with Gasteiger partial charge < -0.3 is 11.1 Å². The Morgan fingerprint density at radius 1 is 1.41 bits per heavy atom. The van der Waals surface area contributed by atoms with Crippen LogP contribution in [0.3, 0.4) is 0 Å². The second-order valence-corrected chi connectivity index (χ2v) is 4.71. The fraction of sp³-hybridized carbons (Fsp3) is 0.462. The molecule has 0 aliphatic carbocycles. The van der Waals surface area contributed by atoms with Gasteiger partial charge in [0.25, 0.3) is 0 Å². The summed E-state index contributed by atoms with van der Waals surface area (Å²) in [5.41, 5.74) is 9.90. The van der Waals surface area contributed by atoms with Crippen LogP contribution in [0.15, 0.2) is 12.1 Å². The van der Waals surface area contributed by atoms with E-state index >= 15 is 0 Å². The van der Waals surface area contributed by atoms with E-state index in [1.807, 2.05) is 18.9 Å². The Hall–Kier alpha value is -1.39. The largest absolute Gasteiger partial charge is 0.329 e. The molecule has 0 bridgehead atoms. The number of benzene rings is 1. The van der Waals surface area contributed by atoms with Crippen molar-refractivity contribution in [2.24, 2.45) is 5.73 Å². The summed E-state index contributed by atoms with van der Waals surface area (Å²) in [4.78, 5) is 14.0. The zero-order valence-electron chi connectivity index (χ0n) is 10.6. The van der Waals surface area contributed by atoms with Gasteiger partial charge in [-0.05, 0) is 26.5 Å². The molecule has 1 atom stereocenters. The summed E-state index contributed by atoms with van der Waals surface area (Å²) >= 11 is 0. The van der Waals surface area contributed by atoms with Crippen molar-refractivity contribution >= 4 is 11.6 Å². The van der Waals surface area contributed by atoms with E-state index in [0.717, 1.165) is 16.8 Å². The topological polar surface area (TPSA) is 58.4 Å². The molecule has 1 aromatic carbocycles. The highest BCUT2D eigenvalue weighted by Gasteiger charge is 2.34. The standard InChI is InChI=1S/C13H19N3O/c1-8-6-9(2)11-10(7-8)12(13(17)15-11)16(3)5-4-14/h6-7,12H,4-5,14H2,1-3H3,(H,15,17). The predicted molar refractivity (Wildman–Crippen MR) is 69.0 cm³/mol. The Balaban J connectivity index is 2.42. The molecule has 0 spiro atoms. The molecule has 2 rings (SSSR count). The van der Waals surface area contributed by atoms with E-state index in [4.69, 9.17) is 5.73 Å². The van der Waals surface area contributed by atoms with E-state index < -0.39 is 0 Å². The Morgan fingerprint density at radius 2 is 2.12 bits per heavy atom. The van der Waals surface area contributed by atoms with Crippen LogP contribution in [0.5, 0.6) is 0 Å². The zero-order chi connectivity index (χ0) is 12.6. The molecule has 0 saturated carbocycles. The number of likely N-dealkylation sites (N-methyl/N-ethyl adjacent to an activating group) is 1. The first-order chi connectivity index (χ1) is 8.04. The van der Waals surface area contributed by atoms with Crippen LogP contribution in [-0.2, 0) is 4.79 Å². The summed E-state index contributed by atoms with van der Waals surface area (Å²) in [6, 6.07) is 3.97. The molecule has 1 aliphatic rings. The molecule has 0 fully saturated rings. The first-order valence-corrected chi connectivity index (χ1v) is 5.87. The third-order valence-electron chi connectivity index (χ3n) is 3.22. The van der Waals surface area contributed by atoms with Gasteiger partial charge in [-0.1, -0.05) is 17.7 Å². The first-order valence-electron chi connectivity index (χ1n) is 5.87. The van der Waals surface area contributed by atoms with Crippen LogP contribution in [0.25, 0.3) is 0 Å². The molecule has 0 radical (unpaired) electrons. The van der Waals surface area contributed by atoms with Gasteiger partial charge in [0.2, 0.25) is 5.91 Å². The Morgan fingerprint density at radius 3 is 2.76 bits per heavy atom. The van der Waals surface area contributed by atoms with E-state index in [2.05, 4.69) is 24.4 Å². The molecule has 1 heterocycles. The van der Waals surface area contributed by atoms with Crippen LogP contribution in [0.4, 0.5) is 5.69 Å². The van der Waals surface area contributed by atoms with Crippen LogP contribution in [0.2, 0.25) is 0 Å². The van der Waals surface area contributed by atoms with Gasteiger partial charge in [0.05, 0.1) is 0 Å². The maximum Gasteiger partial charge on any atom is 0.246 e. The summed E-state index contributed by atoms with van der Waals surface area (Å²) in [6.45, 7) is 5.35. The number of hydrogen-bond donors (Lipinski definition) is 2. The summed E-state index contributed by atoms with van der Waals surface area (Å²) in [5.74, 6) is 0.0460. The van der Waals surface area contributed by atoms with Crippen LogP contribution < -0.4 is 11.1 Å². The summed E-state index contributed by atoms with van der Waals surface area (Å²) < 4.78 is 0. The first kappa shape index (κ1) is 12.1. The van der Waals surface area contributed by atoms with E-state index in [-0.39, 0.29) is 11.9 Å². The van der Waals surface area contributed by atoms with Gasteiger partial charge in [-0.25, -0.2) is 0 Å². The molecule has 92 valence electrons. The fourth-order valence-electron chi connectivity index (χ4n) is 2.49. The van der Waals surface area contributed by atoms with Crippen molar-refractivity contribution in [3.63, 3.8) is 0 Å². The number of aryl methyl sites for hydroxylation is 2. The highest BCUT2D eigenvalue weighted by Crippen LogP contribution is 2.37. The Labute approximate surface area is 102 Å². The minimum absolute atomic E-state index is 0.0460. The van der Waals surface area contributed by atoms with Gasteiger partial charge in [0.1, 0.15) is 6.04 Å². The zero-order valence-corrected chi connectivity index (χ0v) is 10.6. The van der Waals surface area contributed by atoms with E-state index in [1.165, 1.54) is 5.56 Å². The SMILES string of the molecule is Cc1cc(C)c2c(c1)C(N(C)CCN)C(=O)N2. The van der Waals surface area contributed by atoms with Crippen LogP contribution in [0, 0.1) is 13.8 Å². The summed E-state index contributed by atoms with van der Waals surface area (Å²) in [7, 11) is 1.93. The number of hydrogen-bond acceptors (Lipinski definition) is 3. The normalized spacial score (nSPS) is 18.4. The molecule has 1 amide bonds. The van der Waals surface area contributed by atoms with Gasteiger partial charge in [0, 0.05) is 24.3 Å². The summed E-state index contributed by atoms with van der Waals surface area (Å²) in [6.07, 6.45) is 0. The summed E-state index contributed by atoms with van der Waals surface area (Å²) in [5, 5.41) is 2.96. The molecule has 1 aromatic rings. The number of nitrogens with two attached hydrogens (primary N) is 1. The van der Waals surface area contributed by atoms with Crippen molar-refractivity contribution in [3.8, 4) is 0 Å². The lowest BCUT2D eigenvalue weighted by Gasteiger charge is -2.22. The second kappa shape index (κ2) is 4.47. The molecule has 4 nitrogen and oxygen atoms in total. The van der Waals surface area contributed by atoms with Crippen molar-refractivity contribution in [3.05, 3.63) is 28.8 Å². The van der Waals surface area contributed by atoms with E-state index in [1.54, 1.807) is 0 Å². The number of anilines is 1. The average Bonchev–Trinajstić information content (AvgIpc) is 2.55. The Bertz CT molecular complexity index is 456. The molecule has 1 aliphatic heterocycles. The molecule has 1 unspecified atom stereocenters. The number of carbonyl (C=O) groups is 1. The predicted octanol–water partition coefficient (Wildman–Crippen LogP) is 1.19. The minimum Gasteiger partial charge on any atom is -0.329 e. The Kier molecular flexibility index (Phi) is 3.17. The van der Waals surface area contributed by atoms with Crippen molar-refractivity contribution in [2.75, 3.05) is 25.5 Å². The lowest BCUT2D eigenvalue weighted by molar-refractivity contribution is -0.120. The van der Waals surface area contributed by atoms with Crippen molar-refractivity contribution < 1.29 is 4.79 Å². The third-order valence-corrected chi connectivity index (χ3v) is 3.22. The quantitative estimate of drug-likeness (QED) is 0.824. The number of nitrogens with one attached hydrogen (secondary N) is 1. The monoisotopic (exact) mass is 233 g/mol. The number of rotatable bonds is 3. The van der Waals surface area contributed by atoms with Gasteiger partial charge in [-0.3, -0.25) is 9.69 Å². The van der Waals surface area contributed by atoms with Crippen molar-refractivity contribution in [2.45, 2.75) is 19.9 Å². The number of amides is 1. The van der Waals surface area contributed by atoms with Crippen LogP contribution in [0.1, 0.15) is 22.7 Å². The molecule has 17 heavy (non-hydrogen) atoms. The maximum absolute atomic E-state index is 12.0. The fourth-order valence-corrected chi connectivity index (χ4v) is 2.49. The molecule has 0 saturated heterocycles. The number of nitrogens with zero attached hydrogens (tertiary/aromatic N) is 1. The van der Waals surface area contributed by atoms with Crippen molar-refractivity contribution in [1.82, 2.24) is 4.90 Å². The highest BCUT2D eigenvalue weighted by atomic mass is 16.2. The molecule has 4 heteroatoms. The van der Waals surface area contributed by atoms with Crippen LogP contribution in [-0.4, -0.2) is 30.9 Å². The maximum atomic E-state index is 12.0. The molecular weight excluding hydrogens is 214 g/mol. The van der Waals surface area contributed by atoms with E-state index in [9.17, 15) is 4.79 Å². The average molecular weight is 233 g/mol. The van der Waals surface area contributed by atoms with Gasteiger partial charge in [-0.2, -0.15) is 0 Å². The lowest BCUT2D eigenvalue weighted by atomic mass is 10.0. The lowest BCUT2D eigenvalue weighted by Crippen LogP contribution is -2.33. The minimum atomic E-state index is -0.202. The van der Waals surface area contributed by atoms with Crippen molar-refractivity contribution in [1.29, 1.82) is 0 Å². The second-order valence-electron chi connectivity index (χ2n) is 4.71. The van der Waals surface area contributed by atoms with Crippen LogP contribution >= 0.6 is 0 Å². The molecule has 0 aromatic heterocycles. The third kappa shape index (κ3) is 2.06. The van der Waals surface area contributed by atoms with E-state index in [0.29, 0.717) is 13.1 Å². The molecular formula is C13H19N3O. The van der Waals surface area contributed by atoms with Gasteiger partial charge in [0.15, 0.2) is 0 Å². The van der Waals surface area contributed by atoms with Gasteiger partial charge in [-0.15, -0.1) is 0 Å². The smallest absolute Gasteiger partial charge is 0.246 e. The highest BCUT2D eigenvalue weighted by molar-refractivity contribution is 6.03. The van der Waals surface area contributed by atoms with Gasteiger partial charge >= 0.3 is 0 Å². The number of carbonyl (C=O) groups excluding carboxylic acids is 1. The molecule has 3 N–H and O–H groups in total.